The molecule has 0 aliphatic rings. The summed E-state index contributed by atoms with van der Waals surface area (Å²) < 4.78 is 32.2. The number of benzene rings is 2. The standard InChI is InChI=1S/C23H32O6/c1-24-11-12-25-13-14-26-15-16-27-17-18-28-19-20-29-23-9-7-22(8-10-23)21-5-3-2-4-6-21/h2-10H,11-20H2,1H3. The van der Waals surface area contributed by atoms with Gasteiger partial charge in [-0.15, -0.1) is 0 Å². The van der Waals surface area contributed by atoms with E-state index < -0.39 is 0 Å². The van der Waals surface area contributed by atoms with Gasteiger partial charge in [0.25, 0.3) is 0 Å². The SMILES string of the molecule is COCCOCCOCCOCCOCCOc1ccc(-c2ccccc2)cc1. The molecule has 2 rings (SSSR count). The maximum Gasteiger partial charge on any atom is 0.119 e. The molecule has 0 radical (unpaired) electrons. The lowest BCUT2D eigenvalue weighted by Gasteiger charge is -2.09. The molecule has 0 aromatic heterocycles. The third-order valence-electron chi connectivity index (χ3n) is 4.01. The lowest BCUT2D eigenvalue weighted by atomic mass is 10.1. The Morgan fingerprint density at radius 3 is 1.45 bits per heavy atom. The quantitative estimate of drug-likeness (QED) is 0.377. The van der Waals surface area contributed by atoms with Crippen molar-refractivity contribution in [1.82, 2.24) is 0 Å². The normalized spacial score (nSPS) is 10.9. The van der Waals surface area contributed by atoms with E-state index in [0.29, 0.717) is 66.1 Å². The summed E-state index contributed by atoms with van der Waals surface area (Å²) in [5.41, 5.74) is 2.37. The Labute approximate surface area is 173 Å². The molecule has 0 aliphatic heterocycles. The molecule has 29 heavy (non-hydrogen) atoms. The third-order valence-corrected chi connectivity index (χ3v) is 4.01. The van der Waals surface area contributed by atoms with E-state index in [0.717, 1.165) is 5.75 Å². The average Bonchev–Trinajstić information content (AvgIpc) is 2.77. The van der Waals surface area contributed by atoms with Crippen LogP contribution in [0.5, 0.6) is 5.75 Å². The van der Waals surface area contributed by atoms with Gasteiger partial charge in [0.05, 0.1) is 59.5 Å². The summed E-state index contributed by atoms with van der Waals surface area (Å²) >= 11 is 0. The Morgan fingerprint density at radius 2 is 0.931 bits per heavy atom. The maximum atomic E-state index is 5.70. The molecule has 2 aromatic carbocycles. The van der Waals surface area contributed by atoms with Crippen molar-refractivity contribution in [3.8, 4) is 16.9 Å². The van der Waals surface area contributed by atoms with Crippen LogP contribution in [-0.2, 0) is 23.7 Å². The summed E-state index contributed by atoms with van der Waals surface area (Å²) in [5, 5.41) is 0. The largest absolute Gasteiger partial charge is 0.491 e. The first-order valence-electron chi connectivity index (χ1n) is 9.98. The predicted octanol–water partition coefficient (Wildman–Crippen LogP) is 3.45. The highest BCUT2D eigenvalue weighted by Crippen LogP contribution is 2.21. The lowest BCUT2D eigenvalue weighted by Crippen LogP contribution is -2.14. The molecule has 0 amide bonds. The molecular weight excluding hydrogens is 372 g/mol. The Hall–Kier alpha value is -1.96. The Balaban J connectivity index is 1.39. The molecule has 0 fully saturated rings. The predicted molar refractivity (Wildman–Crippen MR) is 113 cm³/mol. The molecular formula is C23H32O6. The zero-order valence-corrected chi connectivity index (χ0v) is 17.2. The molecule has 0 unspecified atom stereocenters. The van der Waals surface area contributed by atoms with Crippen LogP contribution in [0.3, 0.4) is 0 Å². The lowest BCUT2D eigenvalue weighted by molar-refractivity contribution is -0.00978. The van der Waals surface area contributed by atoms with E-state index >= 15 is 0 Å². The van der Waals surface area contributed by atoms with Gasteiger partial charge in [-0.25, -0.2) is 0 Å². The van der Waals surface area contributed by atoms with Gasteiger partial charge in [0.2, 0.25) is 0 Å². The molecule has 0 spiro atoms. The molecule has 6 heteroatoms. The van der Waals surface area contributed by atoms with Crippen LogP contribution >= 0.6 is 0 Å². The van der Waals surface area contributed by atoms with Crippen LogP contribution in [0.25, 0.3) is 11.1 Å². The fourth-order valence-electron chi connectivity index (χ4n) is 2.50. The molecule has 0 saturated carbocycles. The molecule has 0 heterocycles. The summed E-state index contributed by atoms with van der Waals surface area (Å²) in [6.07, 6.45) is 0. The van der Waals surface area contributed by atoms with Crippen molar-refractivity contribution >= 4 is 0 Å². The molecule has 6 nitrogen and oxygen atoms in total. The van der Waals surface area contributed by atoms with Crippen LogP contribution < -0.4 is 4.74 Å². The summed E-state index contributed by atoms with van der Waals surface area (Å²) in [5.74, 6) is 0.841. The topological polar surface area (TPSA) is 55.4 Å². The monoisotopic (exact) mass is 404 g/mol. The number of rotatable bonds is 17. The van der Waals surface area contributed by atoms with E-state index in [1.807, 2.05) is 30.3 Å². The second kappa shape index (κ2) is 15.9. The zero-order valence-electron chi connectivity index (χ0n) is 17.2. The van der Waals surface area contributed by atoms with E-state index in [1.165, 1.54) is 11.1 Å². The maximum absolute atomic E-state index is 5.70. The molecule has 160 valence electrons. The van der Waals surface area contributed by atoms with Gasteiger partial charge in [-0.3, -0.25) is 0 Å². The second-order valence-electron chi connectivity index (χ2n) is 6.18. The van der Waals surface area contributed by atoms with Gasteiger partial charge in [-0.05, 0) is 23.3 Å². The number of ether oxygens (including phenoxy) is 6. The summed E-state index contributed by atoms with van der Waals surface area (Å²) in [7, 11) is 1.65. The van der Waals surface area contributed by atoms with Crippen molar-refractivity contribution in [2.24, 2.45) is 0 Å². The van der Waals surface area contributed by atoms with Crippen molar-refractivity contribution in [3.63, 3.8) is 0 Å². The van der Waals surface area contributed by atoms with Crippen molar-refractivity contribution in [1.29, 1.82) is 0 Å². The van der Waals surface area contributed by atoms with Gasteiger partial charge in [0.1, 0.15) is 12.4 Å². The number of methoxy groups -OCH3 is 1. The van der Waals surface area contributed by atoms with E-state index in [1.54, 1.807) is 7.11 Å². The summed E-state index contributed by atoms with van der Waals surface area (Å²) in [6.45, 7) is 5.55. The first-order valence-corrected chi connectivity index (χ1v) is 9.98. The molecule has 0 aliphatic carbocycles. The van der Waals surface area contributed by atoms with Crippen LogP contribution in [0.15, 0.2) is 54.6 Å². The molecule has 0 bridgehead atoms. The molecule has 2 aromatic rings. The van der Waals surface area contributed by atoms with Crippen LogP contribution in [0, 0.1) is 0 Å². The van der Waals surface area contributed by atoms with Gasteiger partial charge in [0, 0.05) is 7.11 Å². The van der Waals surface area contributed by atoms with Gasteiger partial charge in [0.15, 0.2) is 0 Å². The molecule has 0 N–H and O–H groups in total. The third kappa shape index (κ3) is 11.0. The van der Waals surface area contributed by atoms with E-state index in [4.69, 9.17) is 28.4 Å². The number of hydrogen-bond donors (Lipinski definition) is 0. The highest BCUT2D eigenvalue weighted by molar-refractivity contribution is 5.63. The molecule has 0 atom stereocenters. The van der Waals surface area contributed by atoms with E-state index in [2.05, 4.69) is 24.3 Å². The van der Waals surface area contributed by atoms with E-state index in [9.17, 15) is 0 Å². The van der Waals surface area contributed by atoms with Crippen LogP contribution in [-0.4, -0.2) is 73.2 Å². The summed E-state index contributed by atoms with van der Waals surface area (Å²) in [6, 6.07) is 18.4. The highest BCUT2D eigenvalue weighted by atomic mass is 16.6. The molecule has 0 saturated heterocycles. The van der Waals surface area contributed by atoms with Gasteiger partial charge in [-0.2, -0.15) is 0 Å². The minimum Gasteiger partial charge on any atom is -0.491 e. The van der Waals surface area contributed by atoms with Crippen LogP contribution in [0.2, 0.25) is 0 Å². The van der Waals surface area contributed by atoms with Crippen LogP contribution in [0.4, 0.5) is 0 Å². The highest BCUT2D eigenvalue weighted by Gasteiger charge is 1.98. The summed E-state index contributed by atoms with van der Waals surface area (Å²) in [4.78, 5) is 0. The van der Waals surface area contributed by atoms with Crippen molar-refractivity contribution < 1.29 is 28.4 Å². The second-order valence-corrected chi connectivity index (χ2v) is 6.18. The Kier molecular flexibility index (Phi) is 12.8. The van der Waals surface area contributed by atoms with Gasteiger partial charge in [-0.1, -0.05) is 42.5 Å². The van der Waals surface area contributed by atoms with Gasteiger partial charge >= 0.3 is 0 Å². The van der Waals surface area contributed by atoms with Crippen molar-refractivity contribution in [3.05, 3.63) is 54.6 Å². The van der Waals surface area contributed by atoms with Crippen LogP contribution in [0.1, 0.15) is 0 Å². The van der Waals surface area contributed by atoms with Gasteiger partial charge < -0.3 is 28.4 Å². The minimum atomic E-state index is 0.511. The van der Waals surface area contributed by atoms with Crippen molar-refractivity contribution in [2.75, 3.05) is 73.2 Å². The first-order chi connectivity index (χ1) is 14.4. The average molecular weight is 405 g/mol. The fourth-order valence-corrected chi connectivity index (χ4v) is 2.50. The minimum absolute atomic E-state index is 0.511. The van der Waals surface area contributed by atoms with Crippen molar-refractivity contribution in [2.45, 2.75) is 0 Å². The smallest absolute Gasteiger partial charge is 0.119 e. The Bertz CT molecular complexity index is 617. The first kappa shape index (κ1) is 23.3. The number of hydrogen-bond acceptors (Lipinski definition) is 6. The van der Waals surface area contributed by atoms with E-state index in [-0.39, 0.29) is 0 Å². The fraction of sp³-hybridized carbons (Fsp3) is 0.478. The Morgan fingerprint density at radius 1 is 0.483 bits per heavy atom. The zero-order chi connectivity index (χ0) is 20.4.